The highest BCUT2D eigenvalue weighted by Gasteiger charge is 2.19. The van der Waals surface area contributed by atoms with Gasteiger partial charge in [-0.15, -0.1) is 0 Å². The Hall–Kier alpha value is -6.33. The van der Waals surface area contributed by atoms with Crippen LogP contribution in [0.4, 0.5) is 0 Å². The first-order valence-corrected chi connectivity index (χ1v) is 15.2. The molecule has 5 heteroatoms. The van der Waals surface area contributed by atoms with Crippen LogP contribution in [0, 0.1) is 0 Å². The predicted molar refractivity (Wildman–Crippen MR) is 187 cm³/mol. The number of pyridine rings is 5. The minimum atomic E-state index is 0.892. The second kappa shape index (κ2) is 10.7. The normalized spacial score (nSPS) is 11.5. The Labute approximate surface area is 264 Å². The standard InChI is InChI=1S/C41H25N5/c1-2-14-37-32(10-1)38(34-16-15-26-9-7-21-44-39(26)41(34)46-37)33-18-17-30(31-11-8-22-45-40(31)33)27-23-28(35-12-3-5-19-42-35)25-29(24-27)36-13-4-6-20-43-36/h1-25H. The van der Waals surface area contributed by atoms with Crippen LogP contribution in [0.2, 0.25) is 0 Å². The molecule has 5 nitrogen and oxygen atoms in total. The van der Waals surface area contributed by atoms with Crippen LogP contribution >= 0.6 is 0 Å². The second-order valence-electron chi connectivity index (χ2n) is 11.3. The highest BCUT2D eigenvalue weighted by atomic mass is 14.7. The number of rotatable bonds is 4. The monoisotopic (exact) mass is 587 g/mol. The number of hydrogen-bond donors (Lipinski definition) is 0. The molecule has 0 saturated carbocycles. The van der Waals surface area contributed by atoms with Gasteiger partial charge in [-0.1, -0.05) is 66.7 Å². The van der Waals surface area contributed by atoms with Crippen LogP contribution in [0.15, 0.2) is 152 Å². The lowest BCUT2D eigenvalue weighted by Gasteiger charge is -2.17. The lowest BCUT2D eigenvalue weighted by molar-refractivity contribution is 1.31. The Balaban J connectivity index is 1.33. The highest BCUT2D eigenvalue weighted by molar-refractivity contribution is 6.19. The van der Waals surface area contributed by atoms with Crippen molar-refractivity contribution in [3.05, 3.63) is 152 Å². The molecule has 214 valence electrons. The summed E-state index contributed by atoms with van der Waals surface area (Å²) in [5.41, 5.74) is 11.9. The number of hydrogen-bond acceptors (Lipinski definition) is 5. The van der Waals surface area contributed by atoms with Crippen molar-refractivity contribution in [1.29, 1.82) is 0 Å². The van der Waals surface area contributed by atoms with Crippen molar-refractivity contribution < 1.29 is 0 Å². The van der Waals surface area contributed by atoms with Gasteiger partial charge in [0.15, 0.2) is 0 Å². The molecule has 0 atom stereocenters. The summed E-state index contributed by atoms with van der Waals surface area (Å²) in [5, 5.41) is 4.27. The van der Waals surface area contributed by atoms with Crippen molar-refractivity contribution in [2.45, 2.75) is 0 Å². The van der Waals surface area contributed by atoms with E-state index in [1.807, 2.05) is 79.4 Å². The van der Waals surface area contributed by atoms with Gasteiger partial charge in [-0.3, -0.25) is 19.9 Å². The summed E-state index contributed by atoms with van der Waals surface area (Å²) in [5.74, 6) is 0. The van der Waals surface area contributed by atoms with E-state index in [0.717, 1.165) is 88.4 Å². The van der Waals surface area contributed by atoms with Crippen molar-refractivity contribution >= 4 is 43.6 Å². The molecular weight excluding hydrogens is 562 g/mol. The number of fused-ring (bicyclic) bond motifs is 5. The molecule has 0 amide bonds. The van der Waals surface area contributed by atoms with Crippen LogP contribution in [0.1, 0.15) is 0 Å². The van der Waals surface area contributed by atoms with E-state index in [1.54, 1.807) is 0 Å². The van der Waals surface area contributed by atoms with Gasteiger partial charge in [-0.05, 0) is 71.8 Å². The third-order valence-corrected chi connectivity index (χ3v) is 8.63. The third-order valence-electron chi connectivity index (χ3n) is 8.63. The van der Waals surface area contributed by atoms with Crippen LogP contribution in [0.25, 0.3) is 88.4 Å². The van der Waals surface area contributed by atoms with Gasteiger partial charge in [0.1, 0.15) is 0 Å². The maximum Gasteiger partial charge on any atom is 0.0978 e. The molecule has 0 aliphatic rings. The first-order chi connectivity index (χ1) is 22.8. The van der Waals surface area contributed by atoms with Crippen LogP contribution in [-0.4, -0.2) is 24.9 Å². The summed E-state index contributed by atoms with van der Waals surface area (Å²) in [7, 11) is 0. The SMILES string of the molecule is c1ccc(-c2cc(-c3ccccn3)cc(-c3ccc(-c4c5ccccc5nc5c4ccc4cccnc45)c4ncccc34)c2)nc1. The summed E-state index contributed by atoms with van der Waals surface area (Å²) in [6.45, 7) is 0. The molecule has 0 aliphatic heterocycles. The smallest absolute Gasteiger partial charge is 0.0978 e. The number of aromatic nitrogens is 5. The van der Waals surface area contributed by atoms with Crippen molar-refractivity contribution in [2.75, 3.05) is 0 Å². The van der Waals surface area contributed by atoms with E-state index in [9.17, 15) is 0 Å². The van der Waals surface area contributed by atoms with E-state index in [4.69, 9.17) is 15.0 Å². The minimum absolute atomic E-state index is 0.892. The molecule has 0 spiro atoms. The molecule has 0 radical (unpaired) electrons. The molecule has 5 heterocycles. The zero-order chi connectivity index (χ0) is 30.5. The largest absolute Gasteiger partial charge is 0.256 e. The van der Waals surface area contributed by atoms with E-state index in [-0.39, 0.29) is 0 Å². The average Bonchev–Trinajstić information content (AvgIpc) is 3.14. The van der Waals surface area contributed by atoms with E-state index in [2.05, 4.69) is 82.8 Å². The Morgan fingerprint density at radius 3 is 1.76 bits per heavy atom. The summed E-state index contributed by atoms with van der Waals surface area (Å²) in [6, 6.07) is 43.9. The van der Waals surface area contributed by atoms with Gasteiger partial charge in [-0.25, -0.2) is 4.98 Å². The fourth-order valence-electron chi connectivity index (χ4n) is 6.55. The first kappa shape index (κ1) is 26.1. The quantitative estimate of drug-likeness (QED) is 0.151. The molecule has 5 aromatic heterocycles. The topological polar surface area (TPSA) is 64.5 Å². The zero-order valence-corrected chi connectivity index (χ0v) is 24.7. The molecule has 9 aromatic rings. The van der Waals surface area contributed by atoms with E-state index >= 15 is 0 Å². The average molecular weight is 588 g/mol. The number of benzene rings is 4. The van der Waals surface area contributed by atoms with Gasteiger partial charge in [-0.2, -0.15) is 0 Å². The molecule has 0 fully saturated rings. The Kier molecular flexibility index (Phi) is 6.06. The van der Waals surface area contributed by atoms with E-state index in [0.29, 0.717) is 0 Å². The van der Waals surface area contributed by atoms with Crippen LogP contribution in [0.3, 0.4) is 0 Å². The molecule has 0 N–H and O–H groups in total. The molecule has 0 saturated heterocycles. The van der Waals surface area contributed by atoms with Crippen molar-refractivity contribution in [3.63, 3.8) is 0 Å². The molecule has 9 rings (SSSR count). The maximum absolute atomic E-state index is 5.12. The van der Waals surface area contributed by atoms with Gasteiger partial charge < -0.3 is 0 Å². The predicted octanol–water partition coefficient (Wildman–Crippen LogP) is 9.94. The maximum atomic E-state index is 5.12. The van der Waals surface area contributed by atoms with Gasteiger partial charge in [0.05, 0.1) is 33.5 Å². The Bertz CT molecular complexity index is 2520. The van der Waals surface area contributed by atoms with Gasteiger partial charge in [0.2, 0.25) is 0 Å². The molecular formula is C41H25N5. The first-order valence-electron chi connectivity index (χ1n) is 15.2. The van der Waals surface area contributed by atoms with E-state index < -0.39 is 0 Å². The summed E-state index contributed by atoms with van der Waals surface area (Å²) < 4.78 is 0. The lowest BCUT2D eigenvalue weighted by Crippen LogP contribution is -1.94. The fraction of sp³-hybridized carbons (Fsp3) is 0. The van der Waals surface area contributed by atoms with Crippen molar-refractivity contribution in [3.8, 4) is 44.8 Å². The highest BCUT2D eigenvalue weighted by Crippen LogP contribution is 2.42. The summed E-state index contributed by atoms with van der Waals surface area (Å²) >= 11 is 0. The summed E-state index contributed by atoms with van der Waals surface area (Å²) in [4.78, 5) is 24.2. The van der Waals surface area contributed by atoms with Gasteiger partial charge in [0.25, 0.3) is 0 Å². The number of nitrogens with zero attached hydrogens (tertiary/aromatic N) is 5. The van der Waals surface area contributed by atoms with Crippen molar-refractivity contribution in [2.24, 2.45) is 0 Å². The lowest BCUT2D eigenvalue weighted by atomic mass is 9.89. The zero-order valence-electron chi connectivity index (χ0n) is 24.7. The fourth-order valence-corrected chi connectivity index (χ4v) is 6.55. The third kappa shape index (κ3) is 4.29. The second-order valence-corrected chi connectivity index (χ2v) is 11.3. The van der Waals surface area contributed by atoms with Crippen LogP contribution in [-0.2, 0) is 0 Å². The minimum Gasteiger partial charge on any atom is -0.256 e. The Morgan fingerprint density at radius 2 is 1.00 bits per heavy atom. The molecule has 46 heavy (non-hydrogen) atoms. The summed E-state index contributed by atoms with van der Waals surface area (Å²) in [6.07, 6.45) is 7.38. The molecule has 0 bridgehead atoms. The molecule has 0 unspecified atom stereocenters. The number of para-hydroxylation sites is 1. The molecule has 4 aromatic carbocycles. The van der Waals surface area contributed by atoms with Gasteiger partial charge >= 0.3 is 0 Å². The van der Waals surface area contributed by atoms with Crippen LogP contribution in [0.5, 0.6) is 0 Å². The van der Waals surface area contributed by atoms with Crippen molar-refractivity contribution in [1.82, 2.24) is 24.9 Å². The van der Waals surface area contributed by atoms with Gasteiger partial charge in [0, 0.05) is 68.6 Å². The van der Waals surface area contributed by atoms with Crippen LogP contribution < -0.4 is 0 Å². The molecule has 0 aliphatic carbocycles. The van der Waals surface area contributed by atoms with E-state index in [1.165, 1.54) is 0 Å². The Morgan fingerprint density at radius 1 is 0.370 bits per heavy atom.